The summed E-state index contributed by atoms with van der Waals surface area (Å²) in [5, 5.41) is 51.5. The number of rotatable bonds is 52. The average molecular weight is 1250 g/mol. The van der Waals surface area contributed by atoms with Gasteiger partial charge in [0.15, 0.2) is 0 Å². The van der Waals surface area contributed by atoms with E-state index in [1.165, 1.54) is 0 Å². The van der Waals surface area contributed by atoms with Crippen LogP contribution in [0.15, 0.2) is 10.3 Å². The summed E-state index contributed by atoms with van der Waals surface area (Å²) in [6, 6.07) is -1.33. The molecule has 1 unspecified atom stereocenters. The van der Waals surface area contributed by atoms with E-state index in [1.54, 1.807) is 27.7 Å². The molecule has 3 atom stereocenters. The SMILES string of the molecule is C/C(=N\O)C(C)(C)NCC(CNC(C)(C)/C(C)=N/O)NC(=O)CCCC(=O)NC(CCCCNC(=O)CCCC(=O)NCCOCCOCC(=O)NCCOCCOCC(=O)NCCCC[C@H](C)C(N)=O)C(=O)NCCCC[C@H](C)C(N)=O.[2H][2H].[2H][2H].[2H][2H].[2H][2H].[2H][2H].[2H][2H].[2H][2H].[2H][2H].[2H][2H].[2H][2H].[2H][2H].[2H][2H].[2H][2H].[2H][2H].[2H][2H].[2H][2H]. The minimum absolute atomic E-state index is 0.0182. The van der Waals surface area contributed by atoms with Crippen LogP contribution in [-0.2, 0) is 62.1 Å². The Balaban J connectivity index is -0.000000177. The molecule has 0 aromatic rings. The summed E-state index contributed by atoms with van der Waals surface area (Å²) in [6.07, 6.45) is 6.09. The predicted octanol–water partition coefficient (Wildman–Crippen LogP) is 4.07. The molecule has 0 saturated carbocycles. The molecule has 0 saturated heterocycles. The highest BCUT2D eigenvalue weighted by molar-refractivity contribution is 5.91. The first kappa shape index (κ1) is 52.5. The number of nitrogens with two attached hydrogens (primary N) is 2. The smallest absolute Gasteiger partial charge is 0.246 e. The topological polar surface area (TPSA) is 416 Å². The van der Waals surface area contributed by atoms with Crippen LogP contribution in [0.4, 0.5) is 0 Å². The summed E-state index contributed by atoms with van der Waals surface area (Å²) >= 11 is 0. The standard InChI is InChI=1S/C55H103N13O15.16H2/c1-39(51(56)75)17-9-12-25-59-49(73)37-82-33-32-81-30-28-61-50(74)38-83-34-31-80-29-27-60-46(70)21-15-20-45(69)58-24-14-11-19-44(53(77)62-26-13-10-18-40(2)52(57)76)66-48(72)23-16-22-47(71)65-43(35-63-54(5,6)41(3)67-78)36-64-55(7,8)42(4)68-79;;;;;;;;;;;;;;;;/h39-40,43-44,63-64,78-79H,9-38H2,1-8H3,(H2,56,75)(H2,57,76)(H,58,69)(H,59,73)(H,60,70)(H,61,74)(H,62,77)(H,65,71)(H,66,72);16*1H/b67-41+,68-42+;;;;;;;;;;;;;;;;/t39-,40-,44?;;;;;;;;;;;;;;;;/m0................/s1/i;16*1+1D. The highest BCUT2D eigenvalue weighted by Gasteiger charge is 2.27. The molecular formula is C55H135N13O15. The van der Waals surface area contributed by atoms with Gasteiger partial charge in [-0.15, -0.1) is 0 Å². The number of ether oxygens (including phenoxy) is 4. The average Bonchev–Trinajstić information content (AvgIpc) is 0.893. The van der Waals surface area contributed by atoms with Gasteiger partial charge in [0.1, 0.15) is 19.3 Å². The summed E-state index contributed by atoms with van der Waals surface area (Å²) in [4.78, 5) is 111. The van der Waals surface area contributed by atoms with Crippen molar-refractivity contribution in [1.82, 2.24) is 47.9 Å². The maximum Gasteiger partial charge on any atom is 0.246 e. The maximum atomic E-state index is 13.3. The molecule has 510 valence electrons. The Morgan fingerprint density at radius 3 is 1.27 bits per heavy atom. The van der Waals surface area contributed by atoms with Gasteiger partial charge in [-0.1, -0.05) is 37.0 Å². The van der Waals surface area contributed by atoms with Crippen molar-refractivity contribution in [2.24, 2.45) is 33.6 Å². The number of hydrogen-bond donors (Lipinski definition) is 13. The Kier molecular flexibility index (Phi) is 29.3. The van der Waals surface area contributed by atoms with Gasteiger partial charge in [0.2, 0.25) is 53.2 Å². The zero-order valence-electron chi connectivity index (χ0n) is 82.8. The van der Waals surface area contributed by atoms with E-state index in [2.05, 4.69) is 58.2 Å². The van der Waals surface area contributed by atoms with Gasteiger partial charge in [-0.3, -0.25) is 43.2 Å². The minimum Gasteiger partial charge on any atom is -0.411 e. The van der Waals surface area contributed by atoms with Crippen LogP contribution in [0.3, 0.4) is 0 Å². The quantitative estimate of drug-likeness (QED) is 0.0177. The van der Waals surface area contributed by atoms with Crippen LogP contribution in [0.5, 0.6) is 0 Å². The molecule has 0 fully saturated rings. The number of carbonyl (C=O) groups is 9. The molecule has 28 nitrogen and oxygen atoms in total. The van der Waals surface area contributed by atoms with Crippen LogP contribution in [0.25, 0.3) is 0 Å². The van der Waals surface area contributed by atoms with Gasteiger partial charge in [-0.25, -0.2) is 0 Å². The summed E-state index contributed by atoms with van der Waals surface area (Å²) < 4.78 is 181. The number of nitrogens with one attached hydrogen (secondary N) is 9. The Hall–Kier alpha value is -6.07. The molecule has 0 bridgehead atoms. The summed E-state index contributed by atoms with van der Waals surface area (Å²) in [5.41, 5.74) is 10.1. The first-order valence-corrected chi connectivity index (χ1v) is 29.1. The van der Waals surface area contributed by atoms with Crippen molar-refractivity contribution in [3.8, 4) is 0 Å². The predicted molar refractivity (Wildman–Crippen MR) is 346 cm³/mol. The second-order valence-corrected chi connectivity index (χ2v) is 21.6. The van der Waals surface area contributed by atoms with Crippen molar-refractivity contribution in [2.75, 3.05) is 98.7 Å². The number of nitrogens with zero attached hydrogens (tertiary/aromatic N) is 2. The monoisotopic (exact) mass is 1250 g/mol. The number of amides is 9. The van der Waals surface area contributed by atoms with Crippen LogP contribution in [-0.4, -0.2) is 197 Å². The first-order valence-electron chi connectivity index (χ1n) is 45.1. The third kappa shape index (κ3) is 41.6. The van der Waals surface area contributed by atoms with E-state index in [0.717, 1.165) is 12.8 Å². The first-order chi connectivity index (χ1) is 55.3. The zero-order valence-corrected chi connectivity index (χ0v) is 50.8. The Morgan fingerprint density at radius 1 is 0.470 bits per heavy atom. The molecule has 0 aromatic heterocycles. The summed E-state index contributed by atoms with van der Waals surface area (Å²) in [7, 11) is 0. The number of unbranched alkanes of at least 4 members (excludes halogenated alkanes) is 3. The van der Waals surface area contributed by atoms with E-state index in [0.29, 0.717) is 76.0 Å². The zero-order chi connectivity index (χ0) is 94.5. The molecule has 0 heterocycles. The lowest BCUT2D eigenvalue weighted by atomic mass is 9.98. The second-order valence-electron chi connectivity index (χ2n) is 21.6. The summed E-state index contributed by atoms with van der Waals surface area (Å²) in [6.45, 7) is 17.5. The van der Waals surface area contributed by atoms with E-state index in [1.807, 2.05) is 27.7 Å². The lowest BCUT2D eigenvalue weighted by Gasteiger charge is -2.32. The van der Waals surface area contributed by atoms with Crippen molar-refractivity contribution in [3.63, 3.8) is 0 Å². The Labute approximate surface area is 540 Å². The molecule has 0 aliphatic rings. The summed E-state index contributed by atoms with van der Waals surface area (Å²) in [5.74, 6) is -3.34. The molecule has 83 heavy (non-hydrogen) atoms. The van der Waals surface area contributed by atoms with Crippen molar-refractivity contribution in [2.45, 2.75) is 175 Å². The molecule has 0 rings (SSSR count). The lowest BCUT2D eigenvalue weighted by molar-refractivity contribution is -0.129. The van der Waals surface area contributed by atoms with Crippen LogP contribution < -0.4 is 59.3 Å². The van der Waals surface area contributed by atoms with Crippen LogP contribution >= 0.6 is 0 Å². The van der Waals surface area contributed by atoms with Crippen LogP contribution in [0.1, 0.15) is 199 Å². The lowest BCUT2D eigenvalue weighted by Crippen LogP contribution is -2.57. The van der Waals surface area contributed by atoms with E-state index in [9.17, 15) is 53.6 Å². The largest absolute Gasteiger partial charge is 0.411 e. The molecule has 0 radical (unpaired) electrons. The van der Waals surface area contributed by atoms with E-state index >= 15 is 0 Å². The molecule has 0 aromatic carbocycles. The van der Waals surface area contributed by atoms with Gasteiger partial charge in [0.05, 0.1) is 68.2 Å². The van der Waals surface area contributed by atoms with Gasteiger partial charge in [0, 0.05) is 131 Å². The number of primary amides is 2. The molecule has 0 aliphatic carbocycles. The van der Waals surface area contributed by atoms with Gasteiger partial charge >= 0.3 is 0 Å². The molecule has 0 spiro atoms. The fourth-order valence-corrected chi connectivity index (χ4v) is 7.36. The second kappa shape index (κ2) is 46.3. The number of oxime groups is 2. The van der Waals surface area contributed by atoms with Crippen molar-refractivity contribution in [1.29, 1.82) is 0 Å². The molecule has 15 N–H and O–H groups in total. The van der Waals surface area contributed by atoms with Crippen molar-refractivity contribution >= 4 is 64.6 Å². The molecule has 9 amide bonds. The van der Waals surface area contributed by atoms with Crippen molar-refractivity contribution in [3.05, 3.63) is 0 Å². The van der Waals surface area contributed by atoms with Gasteiger partial charge < -0.3 is 88.7 Å². The van der Waals surface area contributed by atoms with Gasteiger partial charge in [-0.05, 0) is 99.3 Å². The fourth-order valence-electron chi connectivity index (χ4n) is 7.36. The number of carbonyl (C=O) groups excluding carboxylic acids is 9. The van der Waals surface area contributed by atoms with Crippen LogP contribution in [0, 0.1) is 11.8 Å². The number of hydrogen-bond acceptors (Lipinski definition) is 19. The highest BCUT2D eigenvalue weighted by Crippen LogP contribution is 2.11. The maximum absolute atomic E-state index is 13.3. The molecule has 0 aliphatic heterocycles. The fraction of sp³-hybridized carbons (Fsp3) is 0.800. The van der Waals surface area contributed by atoms with Gasteiger partial charge in [-0.2, -0.15) is 0 Å². The van der Waals surface area contributed by atoms with Crippen molar-refractivity contribution < 1.29 is 120 Å². The van der Waals surface area contributed by atoms with E-state index < -0.39 is 35.0 Å². The third-order valence-corrected chi connectivity index (χ3v) is 13.6. The molecule has 28 heteroatoms. The highest BCUT2D eigenvalue weighted by atomic mass is 16.5. The van der Waals surface area contributed by atoms with Gasteiger partial charge in [0.25, 0.3) is 0 Å². The minimum atomic E-state index is -0.876. The molecular weight excluding hydrogens is 1080 g/mol. The Bertz CT molecular complexity index is 2060. The normalized spacial score (nSPS) is 15.0. The van der Waals surface area contributed by atoms with E-state index in [4.69, 9.17) is 77.9 Å². The van der Waals surface area contributed by atoms with Crippen LogP contribution in [0.2, 0.25) is 0 Å². The van der Waals surface area contributed by atoms with E-state index in [-0.39, 0.29) is 171 Å². The third-order valence-electron chi connectivity index (χ3n) is 13.6. The Morgan fingerprint density at radius 2 is 0.831 bits per heavy atom.